The zero-order chi connectivity index (χ0) is 14.0. The molecule has 0 radical (unpaired) electrons. The summed E-state index contributed by atoms with van der Waals surface area (Å²) < 4.78 is 2.83. The number of benzene rings is 2. The predicted octanol–water partition coefficient (Wildman–Crippen LogP) is 5.38. The van der Waals surface area contributed by atoms with E-state index in [1.807, 2.05) is 37.3 Å². The number of anilines is 1. The van der Waals surface area contributed by atoms with Gasteiger partial charge in [-0.3, -0.25) is 4.79 Å². The molecule has 2 aromatic rings. The molecule has 0 aliphatic heterocycles. The molecule has 0 heterocycles. The van der Waals surface area contributed by atoms with E-state index in [4.69, 9.17) is 0 Å². The molecule has 0 saturated heterocycles. The molecule has 0 aliphatic carbocycles. The van der Waals surface area contributed by atoms with Gasteiger partial charge in [0.1, 0.15) is 0 Å². The van der Waals surface area contributed by atoms with Crippen LogP contribution in [0.25, 0.3) is 0 Å². The van der Waals surface area contributed by atoms with Gasteiger partial charge in [-0.25, -0.2) is 0 Å². The van der Waals surface area contributed by atoms with E-state index in [0.29, 0.717) is 5.56 Å². The van der Waals surface area contributed by atoms with Crippen molar-refractivity contribution in [3.05, 3.63) is 60.0 Å². The van der Waals surface area contributed by atoms with Gasteiger partial charge in [0.2, 0.25) is 0 Å². The van der Waals surface area contributed by atoms with Crippen molar-refractivity contribution in [1.29, 1.82) is 0 Å². The Kier molecular flexibility index (Phi) is 5.03. The van der Waals surface area contributed by atoms with Gasteiger partial charge in [-0.1, -0.05) is 22.0 Å². The first-order chi connectivity index (χ1) is 8.99. The predicted molar refractivity (Wildman–Crippen MR) is 93.7 cm³/mol. The van der Waals surface area contributed by atoms with Crippen molar-refractivity contribution in [1.82, 2.24) is 0 Å². The number of halogens is 3. The first-order valence-electron chi connectivity index (χ1n) is 5.50. The van der Waals surface area contributed by atoms with Gasteiger partial charge in [0.25, 0.3) is 5.91 Å². The lowest BCUT2D eigenvalue weighted by atomic mass is 10.1. The number of hydrogen-bond donors (Lipinski definition) is 1. The Morgan fingerprint density at radius 1 is 1.21 bits per heavy atom. The summed E-state index contributed by atoms with van der Waals surface area (Å²) in [6.07, 6.45) is 0. The van der Waals surface area contributed by atoms with Crippen LogP contribution >= 0.6 is 54.5 Å². The molecule has 0 aromatic heterocycles. The molecule has 98 valence electrons. The van der Waals surface area contributed by atoms with Gasteiger partial charge in [-0.05, 0) is 81.3 Å². The van der Waals surface area contributed by atoms with Crippen LogP contribution in [-0.2, 0) is 0 Å². The Hall–Kier alpha value is -0.400. The number of hydrogen-bond acceptors (Lipinski definition) is 1. The molecule has 0 fully saturated rings. The summed E-state index contributed by atoms with van der Waals surface area (Å²) in [5.74, 6) is -0.121. The summed E-state index contributed by atoms with van der Waals surface area (Å²) in [5.41, 5.74) is 2.53. The van der Waals surface area contributed by atoms with Crippen LogP contribution in [0.3, 0.4) is 0 Å². The lowest BCUT2D eigenvalue weighted by molar-refractivity contribution is 0.102. The minimum atomic E-state index is -0.121. The normalized spacial score (nSPS) is 10.3. The van der Waals surface area contributed by atoms with Crippen molar-refractivity contribution in [2.45, 2.75) is 6.92 Å². The monoisotopic (exact) mass is 493 g/mol. The lowest BCUT2D eigenvalue weighted by Crippen LogP contribution is -2.13. The van der Waals surface area contributed by atoms with E-state index in [9.17, 15) is 4.79 Å². The molecular weight excluding hydrogens is 485 g/mol. The van der Waals surface area contributed by atoms with Crippen molar-refractivity contribution in [3.8, 4) is 0 Å². The van der Waals surface area contributed by atoms with E-state index in [1.165, 1.54) is 0 Å². The Bertz CT molecular complexity index is 643. The SMILES string of the molecule is Cc1c(I)cccc1NC(=O)c1ccc(Br)cc1Br. The van der Waals surface area contributed by atoms with Gasteiger partial charge in [-0.2, -0.15) is 0 Å². The Balaban J connectivity index is 2.28. The maximum Gasteiger partial charge on any atom is 0.256 e. The number of rotatable bonds is 2. The van der Waals surface area contributed by atoms with E-state index in [-0.39, 0.29) is 5.91 Å². The third-order valence-electron chi connectivity index (χ3n) is 2.69. The number of carbonyl (C=O) groups excluding carboxylic acids is 1. The summed E-state index contributed by atoms with van der Waals surface area (Å²) >= 11 is 9.03. The second kappa shape index (κ2) is 6.37. The fourth-order valence-corrected chi connectivity index (χ4v) is 3.33. The maximum absolute atomic E-state index is 12.3. The standard InChI is InChI=1S/C14H10Br2INO/c1-8-12(17)3-2-4-13(8)18-14(19)10-6-5-9(15)7-11(10)16/h2-7H,1H3,(H,18,19). The zero-order valence-electron chi connectivity index (χ0n) is 10.0. The van der Waals surface area contributed by atoms with E-state index in [2.05, 4.69) is 59.8 Å². The molecule has 1 amide bonds. The summed E-state index contributed by atoms with van der Waals surface area (Å²) in [4.78, 5) is 12.3. The highest BCUT2D eigenvalue weighted by molar-refractivity contribution is 14.1. The largest absolute Gasteiger partial charge is 0.322 e. The molecule has 0 unspecified atom stereocenters. The number of amides is 1. The lowest BCUT2D eigenvalue weighted by Gasteiger charge is -2.10. The average Bonchev–Trinajstić information content (AvgIpc) is 2.34. The molecular formula is C14H10Br2INO. The first kappa shape index (κ1) is 15.0. The molecule has 2 nitrogen and oxygen atoms in total. The molecule has 0 saturated carbocycles. The average molecular weight is 495 g/mol. The van der Waals surface area contributed by atoms with Gasteiger partial charge in [0.05, 0.1) is 5.56 Å². The molecule has 0 spiro atoms. The number of carbonyl (C=O) groups is 1. The van der Waals surface area contributed by atoms with Crippen molar-refractivity contribution in [3.63, 3.8) is 0 Å². The Morgan fingerprint density at radius 2 is 1.95 bits per heavy atom. The second-order valence-corrected chi connectivity index (χ2v) is 6.92. The van der Waals surface area contributed by atoms with Crippen molar-refractivity contribution >= 4 is 66.0 Å². The van der Waals surface area contributed by atoms with Gasteiger partial charge in [0.15, 0.2) is 0 Å². The molecule has 19 heavy (non-hydrogen) atoms. The summed E-state index contributed by atoms with van der Waals surface area (Å²) in [6, 6.07) is 11.3. The first-order valence-corrected chi connectivity index (χ1v) is 8.17. The molecule has 0 bridgehead atoms. The van der Waals surface area contributed by atoms with Crippen LogP contribution in [-0.4, -0.2) is 5.91 Å². The number of nitrogens with one attached hydrogen (secondary N) is 1. The minimum absolute atomic E-state index is 0.121. The van der Waals surface area contributed by atoms with Crippen LogP contribution in [0.2, 0.25) is 0 Å². The van der Waals surface area contributed by atoms with Gasteiger partial charge < -0.3 is 5.32 Å². The third-order valence-corrected chi connectivity index (χ3v) is 5.01. The van der Waals surface area contributed by atoms with E-state index in [1.54, 1.807) is 6.07 Å². The van der Waals surface area contributed by atoms with Crippen molar-refractivity contribution < 1.29 is 4.79 Å². The third kappa shape index (κ3) is 3.58. The summed E-state index contributed by atoms with van der Waals surface area (Å²) in [7, 11) is 0. The fraction of sp³-hybridized carbons (Fsp3) is 0.0714. The molecule has 0 atom stereocenters. The van der Waals surface area contributed by atoms with Gasteiger partial charge in [-0.15, -0.1) is 0 Å². The highest BCUT2D eigenvalue weighted by Crippen LogP contribution is 2.25. The van der Waals surface area contributed by atoms with Crippen LogP contribution in [0.1, 0.15) is 15.9 Å². The van der Waals surface area contributed by atoms with Crippen LogP contribution < -0.4 is 5.32 Å². The highest BCUT2D eigenvalue weighted by Gasteiger charge is 2.12. The molecule has 0 aliphatic rings. The molecule has 1 N–H and O–H groups in total. The quantitative estimate of drug-likeness (QED) is 0.558. The molecule has 2 aromatic carbocycles. The van der Waals surface area contributed by atoms with Crippen LogP contribution in [0.15, 0.2) is 45.3 Å². The van der Waals surface area contributed by atoms with Gasteiger partial charge in [0, 0.05) is 18.2 Å². The Labute approximate surface area is 142 Å². The summed E-state index contributed by atoms with van der Waals surface area (Å²) in [5, 5.41) is 2.94. The van der Waals surface area contributed by atoms with Crippen LogP contribution in [0.5, 0.6) is 0 Å². The maximum atomic E-state index is 12.3. The van der Waals surface area contributed by atoms with E-state index >= 15 is 0 Å². The smallest absolute Gasteiger partial charge is 0.256 e. The minimum Gasteiger partial charge on any atom is -0.322 e. The highest BCUT2D eigenvalue weighted by atomic mass is 127. The van der Waals surface area contributed by atoms with Crippen LogP contribution in [0, 0.1) is 10.5 Å². The van der Waals surface area contributed by atoms with Crippen LogP contribution in [0.4, 0.5) is 5.69 Å². The van der Waals surface area contributed by atoms with E-state index in [0.717, 1.165) is 23.8 Å². The summed E-state index contributed by atoms with van der Waals surface area (Å²) in [6.45, 7) is 1.99. The fourth-order valence-electron chi connectivity index (χ4n) is 1.61. The van der Waals surface area contributed by atoms with Crippen molar-refractivity contribution in [2.24, 2.45) is 0 Å². The van der Waals surface area contributed by atoms with Crippen molar-refractivity contribution in [2.75, 3.05) is 5.32 Å². The molecule has 5 heteroatoms. The second-order valence-electron chi connectivity index (χ2n) is 3.99. The Morgan fingerprint density at radius 3 is 2.63 bits per heavy atom. The van der Waals surface area contributed by atoms with E-state index < -0.39 is 0 Å². The molecule has 2 rings (SSSR count). The van der Waals surface area contributed by atoms with Gasteiger partial charge >= 0.3 is 0 Å². The zero-order valence-corrected chi connectivity index (χ0v) is 15.3. The topological polar surface area (TPSA) is 29.1 Å².